The van der Waals surface area contributed by atoms with Gasteiger partial charge in [0.2, 0.25) is 0 Å². The van der Waals surface area contributed by atoms with E-state index in [0.29, 0.717) is 6.04 Å². The third-order valence-electron chi connectivity index (χ3n) is 5.86. The lowest BCUT2D eigenvalue weighted by Crippen LogP contribution is -3.21. The zero-order valence-corrected chi connectivity index (χ0v) is 15.7. The quantitative estimate of drug-likeness (QED) is 0.579. The molecule has 0 saturated carbocycles. The summed E-state index contributed by atoms with van der Waals surface area (Å²) < 4.78 is 0. The summed E-state index contributed by atoms with van der Waals surface area (Å²) in [6.07, 6.45) is 8.58. The summed E-state index contributed by atoms with van der Waals surface area (Å²) in [5, 5.41) is 7.75. The molecule has 3 nitrogen and oxygen atoms in total. The fourth-order valence-electron chi connectivity index (χ4n) is 4.48. The monoisotopic (exact) mass is 344 g/mol. The van der Waals surface area contributed by atoms with E-state index in [1.165, 1.54) is 43.2 Å². The molecule has 2 heterocycles. The van der Waals surface area contributed by atoms with E-state index in [0.717, 1.165) is 29.4 Å². The minimum Gasteiger partial charge on any atom is -0.359 e. The van der Waals surface area contributed by atoms with Crippen LogP contribution in [0.15, 0.2) is 30.9 Å². The van der Waals surface area contributed by atoms with Crippen molar-refractivity contribution in [2.24, 2.45) is 0 Å². The smallest absolute Gasteiger partial charge is 0.171 e. The molecule has 2 fully saturated rings. The topological polar surface area (TPSA) is 28.5 Å². The zero-order valence-electron chi connectivity index (χ0n) is 14.9. The molecule has 0 amide bonds. The van der Waals surface area contributed by atoms with E-state index >= 15 is 0 Å². The van der Waals surface area contributed by atoms with Crippen molar-refractivity contribution in [2.75, 3.05) is 11.9 Å². The van der Waals surface area contributed by atoms with Crippen molar-refractivity contribution in [3.63, 3.8) is 0 Å². The van der Waals surface area contributed by atoms with Gasteiger partial charge in [-0.15, -0.1) is 0 Å². The van der Waals surface area contributed by atoms with Gasteiger partial charge in [0.25, 0.3) is 0 Å². The van der Waals surface area contributed by atoms with E-state index in [2.05, 4.69) is 55.3 Å². The molecule has 1 aromatic rings. The van der Waals surface area contributed by atoms with Gasteiger partial charge in [0.1, 0.15) is 0 Å². The molecule has 4 heteroatoms. The summed E-state index contributed by atoms with van der Waals surface area (Å²) in [6.45, 7) is 9.32. The van der Waals surface area contributed by atoms with Crippen molar-refractivity contribution >= 4 is 23.0 Å². The van der Waals surface area contributed by atoms with Gasteiger partial charge in [-0.25, -0.2) is 0 Å². The number of piperidine rings is 2. The van der Waals surface area contributed by atoms with E-state index in [-0.39, 0.29) is 0 Å². The standard InChI is InChI=1S/C20H29N3S/c1-4-11-23-17-8-6-9-18(23)13-16(12-17)21-20(24)22-19-10-5-7-14(2)15(19)3/h4-5,7,10,16-18H,1,6,8-9,11-13H2,2-3H3,(H2,21,22,24)/p+1/t16?,17-,18+. The molecule has 2 saturated heterocycles. The Hall–Kier alpha value is -1.39. The molecule has 1 aromatic carbocycles. The maximum atomic E-state index is 5.59. The Morgan fingerprint density at radius 3 is 2.67 bits per heavy atom. The lowest BCUT2D eigenvalue weighted by Gasteiger charge is -2.45. The lowest BCUT2D eigenvalue weighted by atomic mass is 9.82. The van der Waals surface area contributed by atoms with Crippen LogP contribution in [0.4, 0.5) is 5.69 Å². The van der Waals surface area contributed by atoms with Crippen molar-refractivity contribution in [1.82, 2.24) is 5.32 Å². The number of hydrogen-bond acceptors (Lipinski definition) is 1. The Labute approximate surface area is 151 Å². The molecule has 2 aliphatic rings. The molecule has 2 bridgehead atoms. The van der Waals surface area contributed by atoms with E-state index < -0.39 is 0 Å². The normalized spacial score (nSPS) is 28.9. The number of nitrogens with one attached hydrogen (secondary N) is 3. The molecule has 130 valence electrons. The van der Waals surface area contributed by atoms with Crippen LogP contribution in [0.2, 0.25) is 0 Å². The van der Waals surface area contributed by atoms with Gasteiger partial charge in [-0.1, -0.05) is 18.7 Å². The molecule has 3 rings (SSSR count). The maximum Gasteiger partial charge on any atom is 0.171 e. The number of rotatable bonds is 4. The van der Waals surface area contributed by atoms with Crippen LogP contribution in [0.25, 0.3) is 0 Å². The highest BCUT2D eigenvalue weighted by molar-refractivity contribution is 7.80. The minimum absolute atomic E-state index is 0.499. The van der Waals surface area contributed by atoms with Gasteiger partial charge in [0.05, 0.1) is 18.6 Å². The second-order valence-electron chi connectivity index (χ2n) is 7.41. The fourth-order valence-corrected chi connectivity index (χ4v) is 4.76. The molecule has 0 aromatic heterocycles. The largest absolute Gasteiger partial charge is 0.359 e. The van der Waals surface area contributed by atoms with E-state index in [9.17, 15) is 0 Å². The first-order valence-electron chi connectivity index (χ1n) is 9.18. The van der Waals surface area contributed by atoms with Crippen LogP contribution in [0.5, 0.6) is 0 Å². The number of aryl methyl sites for hydroxylation is 1. The van der Waals surface area contributed by atoms with Crippen LogP contribution in [-0.2, 0) is 0 Å². The van der Waals surface area contributed by atoms with Crippen molar-refractivity contribution in [1.29, 1.82) is 0 Å². The molecule has 2 aliphatic heterocycles. The maximum absolute atomic E-state index is 5.59. The SMILES string of the molecule is C=CC[NH+]1[C@@H]2CCC[C@H]1CC(NC(=S)Nc1cccc(C)c1C)C2. The van der Waals surface area contributed by atoms with Crippen LogP contribution in [-0.4, -0.2) is 29.8 Å². The molecular weight excluding hydrogens is 314 g/mol. The third-order valence-corrected chi connectivity index (χ3v) is 6.08. The minimum atomic E-state index is 0.499. The van der Waals surface area contributed by atoms with E-state index in [1.807, 2.05) is 0 Å². The van der Waals surface area contributed by atoms with Gasteiger partial charge in [-0.3, -0.25) is 0 Å². The Morgan fingerprint density at radius 2 is 2.00 bits per heavy atom. The van der Waals surface area contributed by atoms with Crippen LogP contribution in [0.3, 0.4) is 0 Å². The molecule has 0 aliphatic carbocycles. The van der Waals surface area contributed by atoms with Gasteiger partial charge in [0, 0.05) is 24.6 Å². The van der Waals surface area contributed by atoms with Crippen LogP contribution < -0.4 is 15.5 Å². The number of anilines is 1. The first-order chi connectivity index (χ1) is 11.6. The average Bonchev–Trinajstić information content (AvgIpc) is 2.53. The number of hydrogen-bond donors (Lipinski definition) is 3. The molecule has 0 radical (unpaired) electrons. The van der Waals surface area contributed by atoms with Crippen LogP contribution in [0, 0.1) is 13.8 Å². The van der Waals surface area contributed by atoms with Crippen molar-refractivity contribution in [3.8, 4) is 0 Å². The number of fused-ring (bicyclic) bond motifs is 2. The first-order valence-corrected chi connectivity index (χ1v) is 9.59. The van der Waals surface area contributed by atoms with Gasteiger partial charge >= 0.3 is 0 Å². The summed E-state index contributed by atoms with van der Waals surface area (Å²) in [5.41, 5.74) is 3.67. The first kappa shape index (κ1) is 17.4. The molecule has 24 heavy (non-hydrogen) atoms. The highest BCUT2D eigenvalue weighted by Gasteiger charge is 2.41. The van der Waals surface area contributed by atoms with Gasteiger partial charge in [-0.05, 0) is 68.6 Å². The number of benzene rings is 1. The highest BCUT2D eigenvalue weighted by Crippen LogP contribution is 2.23. The predicted octanol–water partition coefficient (Wildman–Crippen LogP) is 2.74. The van der Waals surface area contributed by atoms with Crippen LogP contribution >= 0.6 is 12.2 Å². The van der Waals surface area contributed by atoms with Gasteiger partial charge < -0.3 is 15.5 Å². The fraction of sp³-hybridized carbons (Fsp3) is 0.550. The second-order valence-corrected chi connectivity index (χ2v) is 7.81. The molecule has 4 atom stereocenters. The summed E-state index contributed by atoms with van der Waals surface area (Å²) in [6, 6.07) is 8.33. The third kappa shape index (κ3) is 3.81. The summed E-state index contributed by atoms with van der Waals surface area (Å²) in [5.74, 6) is 0. The molecule has 3 N–H and O–H groups in total. The number of quaternary nitrogens is 1. The lowest BCUT2D eigenvalue weighted by molar-refractivity contribution is -0.955. The van der Waals surface area contributed by atoms with Crippen LogP contribution in [0.1, 0.15) is 43.2 Å². The second kappa shape index (κ2) is 7.66. The Bertz CT molecular complexity index is 599. The predicted molar refractivity (Wildman–Crippen MR) is 106 cm³/mol. The Kier molecular flexibility index (Phi) is 5.57. The number of thiocarbonyl (C=S) groups is 1. The van der Waals surface area contributed by atoms with E-state index in [1.54, 1.807) is 4.90 Å². The van der Waals surface area contributed by atoms with Crippen molar-refractivity contribution in [3.05, 3.63) is 42.0 Å². The summed E-state index contributed by atoms with van der Waals surface area (Å²) in [7, 11) is 0. The average molecular weight is 345 g/mol. The molecular formula is C20H30N3S+. The van der Waals surface area contributed by atoms with Gasteiger partial charge in [0.15, 0.2) is 5.11 Å². The highest BCUT2D eigenvalue weighted by atomic mass is 32.1. The zero-order chi connectivity index (χ0) is 17.1. The van der Waals surface area contributed by atoms with E-state index in [4.69, 9.17) is 12.2 Å². The summed E-state index contributed by atoms with van der Waals surface area (Å²) >= 11 is 5.59. The Morgan fingerprint density at radius 1 is 1.29 bits per heavy atom. The van der Waals surface area contributed by atoms with Gasteiger partial charge in [-0.2, -0.15) is 0 Å². The summed E-state index contributed by atoms with van der Waals surface area (Å²) in [4.78, 5) is 1.75. The Balaban J connectivity index is 1.59. The van der Waals surface area contributed by atoms with Crippen molar-refractivity contribution < 1.29 is 4.90 Å². The van der Waals surface area contributed by atoms with Crippen molar-refractivity contribution in [2.45, 2.75) is 64.1 Å². The molecule has 0 spiro atoms. The molecule has 2 unspecified atom stereocenters.